The molecule has 2 aromatic rings. The number of aliphatic hydroxyl groups excluding tert-OH is 1. The van der Waals surface area contributed by atoms with Crippen LogP contribution in [0.4, 0.5) is 0 Å². The van der Waals surface area contributed by atoms with Gasteiger partial charge >= 0.3 is 0 Å². The predicted octanol–water partition coefficient (Wildman–Crippen LogP) is 1.66. The Morgan fingerprint density at radius 2 is 2.32 bits per heavy atom. The van der Waals surface area contributed by atoms with Gasteiger partial charge in [-0.25, -0.2) is 4.98 Å². The zero-order chi connectivity index (χ0) is 14.0. The molecular formula is C13H17N3O2S. The maximum atomic E-state index is 12.1. The largest absolute Gasteiger partial charge is 0.394 e. The fraction of sp³-hybridized carbons (Fsp3) is 0.385. The summed E-state index contributed by atoms with van der Waals surface area (Å²) in [5.41, 5.74) is 2.44. The summed E-state index contributed by atoms with van der Waals surface area (Å²) in [6.45, 7) is 5.53. The summed E-state index contributed by atoms with van der Waals surface area (Å²) in [7, 11) is 0. The summed E-state index contributed by atoms with van der Waals surface area (Å²) in [6.07, 6.45) is 1.74. The van der Waals surface area contributed by atoms with Crippen LogP contribution in [0.1, 0.15) is 28.7 Å². The second-order valence-corrected chi connectivity index (χ2v) is 5.36. The third kappa shape index (κ3) is 2.69. The Kier molecular flexibility index (Phi) is 4.01. The first-order valence-corrected chi connectivity index (χ1v) is 6.93. The molecule has 2 aromatic heterocycles. The summed E-state index contributed by atoms with van der Waals surface area (Å²) in [4.78, 5) is 16.4. The molecule has 0 aromatic carbocycles. The zero-order valence-electron chi connectivity index (χ0n) is 11.2. The number of hydrogen-bond donors (Lipinski definition) is 2. The van der Waals surface area contributed by atoms with Gasteiger partial charge in [0, 0.05) is 29.0 Å². The predicted molar refractivity (Wildman–Crippen MR) is 74.9 cm³/mol. The normalized spacial score (nSPS) is 12.4. The van der Waals surface area contributed by atoms with Gasteiger partial charge in [0.1, 0.15) is 0 Å². The number of rotatable bonds is 4. The minimum Gasteiger partial charge on any atom is -0.394 e. The highest BCUT2D eigenvalue weighted by Crippen LogP contribution is 2.22. The first-order valence-electron chi connectivity index (χ1n) is 6.05. The van der Waals surface area contributed by atoms with E-state index in [1.807, 2.05) is 29.9 Å². The van der Waals surface area contributed by atoms with Crippen LogP contribution in [0.2, 0.25) is 0 Å². The molecule has 0 radical (unpaired) electrons. The second kappa shape index (κ2) is 5.54. The fourth-order valence-corrected chi connectivity index (χ4v) is 2.71. The van der Waals surface area contributed by atoms with E-state index in [0.29, 0.717) is 5.56 Å². The molecule has 0 aliphatic carbocycles. The molecule has 5 nitrogen and oxygen atoms in total. The van der Waals surface area contributed by atoms with E-state index in [2.05, 4.69) is 10.3 Å². The average molecular weight is 279 g/mol. The van der Waals surface area contributed by atoms with Crippen LogP contribution in [0.5, 0.6) is 0 Å². The Morgan fingerprint density at radius 1 is 1.58 bits per heavy atom. The fourth-order valence-electron chi connectivity index (χ4n) is 1.96. The monoisotopic (exact) mass is 279 g/mol. The van der Waals surface area contributed by atoms with Crippen LogP contribution in [-0.2, 0) is 0 Å². The van der Waals surface area contributed by atoms with E-state index in [9.17, 15) is 4.79 Å². The lowest BCUT2D eigenvalue weighted by Crippen LogP contribution is -2.35. The first kappa shape index (κ1) is 13.8. The molecule has 0 aliphatic rings. The molecule has 0 spiro atoms. The number of thiazole rings is 1. The minimum absolute atomic E-state index is 0.0725. The lowest BCUT2D eigenvalue weighted by molar-refractivity contribution is 0.0921. The van der Waals surface area contributed by atoms with Gasteiger partial charge in [0.25, 0.3) is 5.91 Å². The maximum Gasteiger partial charge on any atom is 0.253 e. The molecule has 0 bridgehead atoms. The van der Waals surface area contributed by atoms with Crippen LogP contribution in [0.25, 0.3) is 5.13 Å². The van der Waals surface area contributed by atoms with Crippen LogP contribution in [0.15, 0.2) is 17.6 Å². The number of aryl methyl sites for hydroxylation is 1. The number of carbonyl (C=O) groups is 1. The number of amides is 1. The van der Waals surface area contributed by atoms with Gasteiger partial charge in [0.15, 0.2) is 5.13 Å². The van der Waals surface area contributed by atoms with Crippen molar-refractivity contribution < 1.29 is 9.90 Å². The zero-order valence-corrected chi connectivity index (χ0v) is 12.0. The van der Waals surface area contributed by atoms with Gasteiger partial charge in [-0.15, -0.1) is 11.3 Å². The molecule has 1 amide bonds. The van der Waals surface area contributed by atoms with E-state index in [4.69, 9.17) is 5.11 Å². The molecule has 0 fully saturated rings. The van der Waals surface area contributed by atoms with Crippen LogP contribution in [-0.4, -0.2) is 33.2 Å². The van der Waals surface area contributed by atoms with Crippen molar-refractivity contribution >= 4 is 17.2 Å². The van der Waals surface area contributed by atoms with Crippen LogP contribution in [0.3, 0.4) is 0 Å². The van der Waals surface area contributed by atoms with Gasteiger partial charge in [-0.3, -0.25) is 9.36 Å². The summed E-state index contributed by atoms with van der Waals surface area (Å²) in [5, 5.41) is 14.5. The molecular weight excluding hydrogens is 262 g/mol. The smallest absolute Gasteiger partial charge is 0.253 e. The van der Waals surface area contributed by atoms with Gasteiger partial charge in [0.2, 0.25) is 0 Å². The van der Waals surface area contributed by atoms with Gasteiger partial charge in [-0.1, -0.05) is 0 Å². The topological polar surface area (TPSA) is 67.2 Å². The lowest BCUT2D eigenvalue weighted by Gasteiger charge is -2.10. The standard InChI is InChI=1S/C13H17N3O2S/c1-8(7-17)15-12(18)11-6-9(2)16(10(11)3)13-14-4-5-19-13/h4-6,8,17H,7H2,1-3H3,(H,15,18)/t8-/m1/s1. The summed E-state index contributed by atoms with van der Waals surface area (Å²) in [6, 6.07) is 1.59. The lowest BCUT2D eigenvalue weighted by atomic mass is 10.2. The van der Waals surface area contributed by atoms with E-state index in [1.165, 1.54) is 11.3 Å². The third-order valence-electron chi connectivity index (χ3n) is 2.94. The Hall–Kier alpha value is -1.66. The summed E-state index contributed by atoms with van der Waals surface area (Å²) in [5.74, 6) is -0.169. The number of nitrogens with one attached hydrogen (secondary N) is 1. The molecule has 1 atom stereocenters. The Labute approximate surface area is 115 Å². The summed E-state index contributed by atoms with van der Waals surface area (Å²) < 4.78 is 1.96. The van der Waals surface area contributed by atoms with Crippen LogP contribution < -0.4 is 5.32 Å². The molecule has 0 aliphatic heterocycles. The molecule has 0 unspecified atom stereocenters. The van der Waals surface area contributed by atoms with E-state index >= 15 is 0 Å². The van der Waals surface area contributed by atoms with E-state index in [0.717, 1.165) is 16.5 Å². The quantitative estimate of drug-likeness (QED) is 0.894. The van der Waals surface area contributed by atoms with Crippen molar-refractivity contribution in [1.29, 1.82) is 0 Å². The minimum atomic E-state index is -0.254. The van der Waals surface area contributed by atoms with Gasteiger partial charge in [0.05, 0.1) is 12.2 Å². The summed E-state index contributed by atoms with van der Waals surface area (Å²) >= 11 is 1.53. The molecule has 2 N–H and O–H groups in total. The van der Waals surface area contributed by atoms with Crippen molar-refractivity contribution in [3.63, 3.8) is 0 Å². The molecule has 6 heteroatoms. The number of carbonyl (C=O) groups excluding carboxylic acids is 1. The SMILES string of the molecule is Cc1cc(C(=O)N[C@H](C)CO)c(C)n1-c1nccs1. The van der Waals surface area contributed by atoms with Crippen molar-refractivity contribution in [1.82, 2.24) is 14.9 Å². The van der Waals surface area contributed by atoms with Crippen LogP contribution in [0, 0.1) is 13.8 Å². The number of aliphatic hydroxyl groups is 1. The maximum absolute atomic E-state index is 12.1. The van der Waals surface area contributed by atoms with Crippen molar-refractivity contribution in [2.75, 3.05) is 6.61 Å². The number of aromatic nitrogens is 2. The molecule has 2 rings (SSSR count). The highest BCUT2D eigenvalue weighted by atomic mass is 32.1. The van der Waals surface area contributed by atoms with E-state index in [-0.39, 0.29) is 18.6 Å². The Bertz CT molecular complexity index is 575. The molecule has 102 valence electrons. The van der Waals surface area contributed by atoms with Crippen molar-refractivity contribution in [3.8, 4) is 5.13 Å². The number of hydrogen-bond acceptors (Lipinski definition) is 4. The van der Waals surface area contributed by atoms with Gasteiger partial charge in [-0.05, 0) is 26.8 Å². The first-order chi connectivity index (χ1) is 9.04. The average Bonchev–Trinajstić information content (AvgIpc) is 2.97. The highest BCUT2D eigenvalue weighted by Gasteiger charge is 2.18. The highest BCUT2D eigenvalue weighted by molar-refractivity contribution is 7.12. The van der Waals surface area contributed by atoms with Crippen molar-refractivity contribution in [2.45, 2.75) is 26.8 Å². The van der Waals surface area contributed by atoms with Gasteiger partial charge < -0.3 is 10.4 Å². The van der Waals surface area contributed by atoms with Crippen molar-refractivity contribution in [3.05, 3.63) is 34.6 Å². The van der Waals surface area contributed by atoms with Crippen molar-refractivity contribution in [2.24, 2.45) is 0 Å². The van der Waals surface area contributed by atoms with E-state index < -0.39 is 0 Å². The second-order valence-electron chi connectivity index (χ2n) is 4.49. The Balaban J connectivity index is 2.34. The number of nitrogens with zero attached hydrogens (tertiary/aromatic N) is 2. The van der Waals surface area contributed by atoms with E-state index in [1.54, 1.807) is 13.1 Å². The molecule has 19 heavy (non-hydrogen) atoms. The van der Waals surface area contributed by atoms with Crippen LogP contribution >= 0.6 is 11.3 Å². The third-order valence-corrected chi connectivity index (χ3v) is 3.69. The van der Waals surface area contributed by atoms with Gasteiger partial charge in [-0.2, -0.15) is 0 Å². The molecule has 2 heterocycles. The Morgan fingerprint density at radius 3 is 2.89 bits per heavy atom. The molecule has 0 saturated carbocycles. The molecule has 0 saturated heterocycles.